The van der Waals surface area contributed by atoms with Gasteiger partial charge in [-0.2, -0.15) is 0 Å². The highest BCUT2D eigenvalue weighted by Crippen LogP contribution is 2.27. The minimum absolute atomic E-state index is 0.0536. The molecule has 0 aliphatic carbocycles. The molecular formula is C18H22INO4S. The second-order valence-corrected chi connectivity index (χ2v) is 8.68. The van der Waals surface area contributed by atoms with Crippen molar-refractivity contribution in [2.75, 3.05) is 6.61 Å². The van der Waals surface area contributed by atoms with Crippen LogP contribution >= 0.6 is 22.6 Å². The Labute approximate surface area is 162 Å². The number of aromatic nitrogens is 1. The van der Waals surface area contributed by atoms with Crippen LogP contribution in [0.25, 0.3) is 0 Å². The van der Waals surface area contributed by atoms with Gasteiger partial charge >= 0.3 is 5.97 Å². The standard InChI is InChI=1S/C18H22INO4S/c1-4-6-7-16-15(19)12-17(18(21)24-5-2)20(16)25(22,23)14-10-8-13(3)9-11-14/h8-12H,4-7H2,1-3H3. The Balaban J connectivity index is 2.66. The van der Waals surface area contributed by atoms with Gasteiger partial charge in [0.15, 0.2) is 0 Å². The molecule has 2 aromatic rings. The van der Waals surface area contributed by atoms with Crippen molar-refractivity contribution in [1.29, 1.82) is 0 Å². The molecule has 0 aliphatic rings. The van der Waals surface area contributed by atoms with Crippen molar-refractivity contribution in [2.45, 2.75) is 44.9 Å². The lowest BCUT2D eigenvalue weighted by molar-refractivity contribution is 0.0518. The Hall–Kier alpha value is -1.35. The van der Waals surface area contributed by atoms with Gasteiger partial charge in [0, 0.05) is 9.26 Å². The quantitative estimate of drug-likeness (QED) is 0.446. The Morgan fingerprint density at radius 1 is 1.20 bits per heavy atom. The molecule has 0 amide bonds. The predicted octanol–water partition coefficient (Wildman–Crippen LogP) is 4.16. The SMILES string of the molecule is CCCCc1c(I)cc(C(=O)OCC)n1S(=O)(=O)c1ccc(C)cc1. The summed E-state index contributed by atoms with van der Waals surface area (Å²) in [7, 11) is -3.88. The first-order valence-electron chi connectivity index (χ1n) is 8.22. The molecule has 136 valence electrons. The summed E-state index contributed by atoms with van der Waals surface area (Å²) in [6, 6.07) is 8.22. The van der Waals surface area contributed by atoms with E-state index in [1.165, 1.54) is 0 Å². The van der Waals surface area contributed by atoms with Crippen molar-refractivity contribution in [3.8, 4) is 0 Å². The molecule has 0 bridgehead atoms. The van der Waals surface area contributed by atoms with E-state index in [0.717, 1.165) is 25.9 Å². The molecule has 0 N–H and O–H groups in total. The number of carbonyl (C=O) groups is 1. The van der Waals surface area contributed by atoms with Crippen LogP contribution in [0.1, 0.15) is 48.4 Å². The molecule has 1 aromatic heterocycles. The van der Waals surface area contributed by atoms with E-state index in [9.17, 15) is 13.2 Å². The summed E-state index contributed by atoms with van der Waals surface area (Å²) in [5.74, 6) is -0.626. The van der Waals surface area contributed by atoms with Gasteiger partial charge in [0.25, 0.3) is 10.0 Å². The number of carbonyl (C=O) groups excluding carboxylic acids is 1. The molecule has 0 radical (unpaired) electrons. The van der Waals surface area contributed by atoms with Crippen molar-refractivity contribution in [3.63, 3.8) is 0 Å². The highest BCUT2D eigenvalue weighted by Gasteiger charge is 2.29. The molecular weight excluding hydrogens is 453 g/mol. The molecule has 0 atom stereocenters. The molecule has 2 rings (SSSR count). The van der Waals surface area contributed by atoms with E-state index in [1.54, 1.807) is 37.3 Å². The number of nitrogens with zero attached hydrogens (tertiary/aromatic N) is 1. The first kappa shape index (κ1) is 20.0. The summed E-state index contributed by atoms with van der Waals surface area (Å²) in [6.07, 6.45) is 2.35. The Morgan fingerprint density at radius 3 is 2.40 bits per heavy atom. The number of ether oxygens (including phenoxy) is 1. The monoisotopic (exact) mass is 475 g/mol. The summed E-state index contributed by atoms with van der Waals surface area (Å²) in [4.78, 5) is 12.5. The molecule has 1 heterocycles. The molecule has 0 saturated heterocycles. The smallest absolute Gasteiger partial charge is 0.356 e. The maximum Gasteiger partial charge on any atom is 0.356 e. The van der Waals surface area contributed by atoms with Crippen LogP contribution < -0.4 is 0 Å². The lowest BCUT2D eigenvalue weighted by atomic mass is 10.2. The predicted molar refractivity (Wildman–Crippen MR) is 105 cm³/mol. The third-order valence-electron chi connectivity index (χ3n) is 3.81. The number of rotatable bonds is 7. The normalized spacial score (nSPS) is 11.5. The Morgan fingerprint density at radius 2 is 1.84 bits per heavy atom. The van der Waals surface area contributed by atoms with Crippen molar-refractivity contribution in [3.05, 3.63) is 50.9 Å². The summed E-state index contributed by atoms with van der Waals surface area (Å²) < 4.78 is 33.4. The molecule has 0 unspecified atom stereocenters. The lowest BCUT2D eigenvalue weighted by Crippen LogP contribution is -2.22. The molecule has 1 aromatic carbocycles. The Kier molecular flexibility index (Phi) is 6.67. The first-order chi connectivity index (χ1) is 11.8. The molecule has 5 nitrogen and oxygen atoms in total. The number of benzene rings is 1. The zero-order chi connectivity index (χ0) is 18.6. The van der Waals surface area contributed by atoms with Crippen LogP contribution in [0, 0.1) is 10.5 Å². The summed E-state index contributed by atoms with van der Waals surface area (Å²) in [6.45, 7) is 5.82. The second kappa shape index (κ2) is 8.35. The maximum atomic E-state index is 13.2. The van der Waals surface area contributed by atoms with Gasteiger partial charge in [-0.15, -0.1) is 0 Å². The van der Waals surface area contributed by atoms with Crippen molar-refractivity contribution < 1.29 is 17.9 Å². The average Bonchev–Trinajstić information content (AvgIpc) is 2.91. The number of esters is 1. The van der Waals surface area contributed by atoms with Crippen LogP contribution in [-0.2, 0) is 21.2 Å². The van der Waals surface area contributed by atoms with Gasteiger partial charge in [0.05, 0.1) is 11.5 Å². The van der Waals surface area contributed by atoms with Crippen LogP contribution in [0.5, 0.6) is 0 Å². The van der Waals surface area contributed by atoms with Gasteiger partial charge in [-0.05, 0) is 67.5 Å². The minimum atomic E-state index is -3.88. The van der Waals surface area contributed by atoms with E-state index in [1.807, 2.05) is 13.8 Å². The highest BCUT2D eigenvalue weighted by atomic mass is 127. The first-order valence-corrected chi connectivity index (χ1v) is 10.7. The topological polar surface area (TPSA) is 65.4 Å². The van der Waals surface area contributed by atoms with Crippen molar-refractivity contribution in [1.82, 2.24) is 3.97 Å². The van der Waals surface area contributed by atoms with Gasteiger partial charge in [-0.1, -0.05) is 31.0 Å². The van der Waals surface area contributed by atoms with Crippen LogP contribution in [0.4, 0.5) is 0 Å². The van der Waals surface area contributed by atoms with Gasteiger partial charge in [-0.25, -0.2) is 17.2 Å². The number of halogens is 1. The van der Waals surface area contributed by atoms with Crippen LogP contribution in [0.3, 0.4) is 0 Å². The summed E-state index contributed by atoms with van der Waals surface area (Å²) in [5.41, 5.74) is 1.65. The summed E-state index contributed by atoms with van der Waals surface area (Å²) in [5, 5.41) is 0. The average molecular weight is 475 g/mol. The van der Waals surface area contributed by atoms with Gasteiger partial charge in [0.1, 0.15) is 5.69 Å². The number of hydrogen-bond donors (Lipinski definition) is 0. The van der Waals surface area contributed by atoms with E-state index in [0.29, 0.717) is 12.1 Å². The largest absolute Gasteiger partial charge is 0.461 e. The zero-order valence-corrected chi connectivity index (χ0v) is 17.6. The molecule has 7 heteroatoms. The third-order valence-corrected chi connectivity index (χ3v) is 6.51. The maximum absolute atomic E-state index is 13.2. The number of hydrogen-bond acceptors (Lipinski definition) is 4. The van der Waals surface area contributed by atoms with Crippen LogP contribution in [0.2, 0.25) is 0 Å². The van der Waals surface area contributed by atoms with E-state index in [4.69, 9.17) is 4.74 Å². The molecule has 0 saturated carbocycles. The minimum Gasteiger partial charge on any atom is -0.461 e. The molecule has 0 spiro atoms. The van der Waals surface area contributed by atoms with Crippen molar-refractivity contribution >= 4 is 38.6 Å². The number of unbranched alkanes of at least 4 members (excludes halogenated alkanes) is 1. The van der Waals surface area contributed by atoms with Gasteiger partial charge in [-0.3, -0.25) is 0 Å². The van der Waals surface area contributed by atoms with E-state index in [2.05, 4.69) is 22.6 Å². The fraction of sp³-hybridized carbons (Fsp3) is 0.389. The third kappa shape index (κ3) is 4.25. The van der Waals surface area contributed by atoms with Crippen LogP contribution in [-0.4, -0.2) is 25.0 Å². The molecule has 0 fully saturated rings. The van der Waals surface area contributed by atoms with Crippen LogP contribution in [0.15, 0.2) is 35.2 Å². The fourth-order valence-corrected chi connectivity index (χ4v) is 5.03. The molecule has 0 aliphatic heterocycles. The van der Waals surface area contributed by atoms with E-state index in [-0.39, 0.29) is 17.2 Å². The molecule has 25 heavy (non-hydrogen) atoms. The van der Waals surface area contributed by atoms with Gasteiger partial charge < -0.3 is 4.74 Å². The zero-order valence-electron chi connectivity index (χ0n) is 14.6. The Bertz CT molecular complexity index is 854. The lowest BCUT2D eigenvalue weighted by Gasteiger charge is -2.14. The second-order valence-electron chi connectivity index (χ2n) is 5.73. The van der Waals surface area contributed by atoms with E-state index >= 15 is 0 Å². The van der Waals surface area contributed by atoms with E-state index < -0.39 is 16.0 Å². The fourth-order valence-electron chi connectivity index (χ4n) is 2.51. The van der Waals surface area contributed by atoms with Gasteiger partial charge in [0.2, 0.25) is 0 Å². The number of aryl methyl sites for hydroxylation is 1. The summed E-state index contributed by atoms with van der Waals surface area (Å²) >= 11 is 2.08. The highest BCUT2D eigenvalue weighted by molar-refractivity contribution is 14.1. The van der Waals surface area contributed by atoms with Crippen molar-refractivity contribution in [2.24, 2.45) is 0 Å².